The van der Waals surface area contributed by atoms with Crippen LogP contribution in [0.25, 0.3) is 11.3 Å². The van der Waals surface area contributed by atoms with Gasteiger partial charge < -0.3 is 0 Å². The molecule has 0 saturated carbocycles. The molecule has 2 N–H and O–H groups in total. The molecule has 1 aromatic heterocycles. The van der Waals surface area contributed by atoms with Gasteiger partial charge in [0, 0.05) is 12.1 Å². The first kappa shape index (κ1) is 14.7. The monoisotopic (exact) mass is 322 g/mol. The summed E-state index contributed by atoms with van der Waals surface area (Å²) in [7, 11) is -3.48. The number of carbonyl (C=O) groups excluding carboxylic acids is 1. The Labute approximate surface area is 126 Å². The molecule has 1 aliphatic rings. The minimum Gasteiger partial charge on any atom is -0.289 e. The van der Waals surface area contributed by atoms with E-state index in [1.807, 2.05) is 30.3 Å². The van der Waals surface area contributed by atoms with Gasteiger partial charge in [-0.05, 0) is 6.42 Å². The molecule has 1 amide bonds. The standard InChI is InChI=1S/C13H14N4O4S/c18-12(15-19)13(9-22(13,20)21)6-7-17-8-11(14-16-17)10-4-2-1-3-5-10/h1-5,8,19H,6-7,9H2,(H,15,18)/t13-/m0/s1. The fourth-order valence-corrected chi connectivity index (χ4v) is 4.22. The van der Waals surface area contributed by atoms with E-state index in [0.29, 0.717) is 5.69 Å². The molecule has 0 aliphatic carbocycles. The van der Waals surface area contributed by atoms with E-state index in [4.69, 9.17) is 5.21 Å². The SMILES string of the molecule is O=C(NO)[C@]1(CCn2cc(-c3ccccc3)nn2)CS1(=O)=O. The third kappa shape index (κ3) is 2.38. The summed E-state index contributed by atoms with van der Waals surface area (Å²) in [4.78, 5) is 11.6. The number of hydrogen-bond donors (Lipinski definition) is 2. The predicted molar refractivity (Wildman–Crippen MR) is 76.5 cm³/mol. The van der Waals surface area contributed by atoms with Crippen LogP contribution in [0.3, 0.4) is 0 Å². The summed E-state index contributed by atoms with van der Waals surface area (Å²) >= 11 is 0. The summed E-state index contributed by atoms with van der Waals surface area (Å²) in [5.74, 6) is -1.15. The number of aryl methyl sites for hydroxylation is 1. The molecule has 2 heterocycles. The number of hydroxylamine groups is 1. The number of benzene rings is 1. The van der Waals surface area contributed by atoms with Gasteiger partial charge in [-0.1, -0.05) is 35.5 Å². The van der Waals surface area contributed by atoms with Crippen molar-refractivity contribution >= 4 is 15.7 Å². The van der Waals surface area contributed by atoms with Gasteiger partial charge in [0.25, 0.3) is 5.91 Å². The van der Waals surface area contributed by atoms with Crippen LogP contribution in [-0.4, -0.2) is 45.0 Å². The van der Waals surface area contributed by atoms with Gasteiger partial charge in [0.05, 0.1) is 11.9 Å². The lowest BCUT2D eigenvalue weighted by Gasteiger charge is -2.08. The van der Waals surface area contributed by atoms with Crippen LogP contribution in [0.15, 0.2) is 36.5 Å². The fourth-order valence-electron chi connectivity index (χ4n) is 2.37. The smallest absolute Gasteiger partial charge is 0.265 e. The third-order valence-corrected chi connectivity index (χ3v) is 6.05. The Morgan fingerprint density at radius 3 is 2.64 bits per heavy atom. The maximum absolute atomic E-state index is 11.6. The Kier molecular flexibility index (Phi) is 3.45. The van der Waals surface area contributed by atoms with Crippen LogP contribution in [-0.2, 0) is 21.2 Å². The molecule has 3 rings (SSSR count). The second kappa shape index (κ2) is 5.18. The summed E-state index contributed by atoms with van der Waals surface area (Å²) in [6, 6.07) is 9.43. The summed E-state index contributed by atoms with van der Waals surface area (Å²) < 4.78 is 23.2. The molecule has 1 fully saturated rings. The Morgan fingerprint density at radius 1 is 1.36 bits per heavy atom. The van der Waals surface area contributed by atoms with Crippen LogP contribution in [0.5, 0.6) is 0 Å². The Bertz CT molecular complexity index is 802. The molecular formula is C13H14N4O4S. The molecule has 22 heavy (non-hydrogen) atoms. The topological polar surface area (TPSA) is 114 Å². The molecule has 1 aromatic carbocycles. The lowest BCUT2D eigenvalue weighted by molar-refractivity contribution is -0.130. The van der Waals surface area contributed by atoms with Crippen molar-refractivity contribution in [1.29, 1.82) is 0 Å². The van der Waals surface area contributed by atoms with Crippen molar-refractivity contribution in [3.63, 3.8) is 0 Å². The highest BCUT2D eigenvalue weighted by Crippen LogP contribution is 2.40. The molecule has 0 unspecified atom stereocenters. The zero-order valence-electron chi connectivity index (χ0n) is 11.5. The van der Waals surface area contributed by atoms with E-state index >= 15 is 0 Å². The second-order valence-electron chi connectivity index (χ2n) is 5.18. The fraction of sp³-hybridized carbons (Fsp3) is 0.308. The van der Waals surface area contributed by atoms with E-state index in [1.165, 1.54) is 10.2 Å². The average Bonchev–Trinajstić information content (AvgIpc) is 2.89. The van der Waals surface area contributed by atoms with Gasteiger partial charge >= 0.3 is 0 Å². The molecule has 0 radical (unpaired) electrons. The molecule has 1 saturated heterocycles. The van der Waals surface area contributed by atoms with Crippen molar-refractivity contribution in [2.45, 2.75) is 17.7 Å². The maximum atomic E-state index is 11.6. The van der Waals surface area contributed by atoms with Crippen molar-refractivity contribution in [3.05, 3.63) is 36.5 Å². The summed E-state index contributed by atoms with van der Waals surface area (Å²) in [6.07, 6.45) is 1.73. The predicted octanol–water partition coefficient (Wildman–Crippen LogP) is 0.00780. The molecule has 1 aliphatic heterocycles. The Hall–Kier alpha value is -2.26. The number of aromatic nitrogens is 3. The van der Waals surface area contributed by atoms with Gasteiger partial charge in [0.1, 0.15) is 5.69 Å². The minimum absolute atomic E-state index is 0.0410. The molecule has 0 bridgehead atoms. The molecule has 1 atom stereocenters. The highest BCUT2D eigenvalue weighted by Gasteiger charge is 2.66. The van der Waals surface area contributed by atoms with Crippen molar-refractivity contribution in [2.75, 3.05) is 5.75 Å². The molecule has 116 valence electrons. The first-order valence-corrected chi connectivity index (χ1v) is 8.26. The van der Waals surface area contributed by atoms with E-state index in [-0.39, 0.29) is 18.7 Å². The van der Waals surface area contributed by atoms with E-state index < -0.39 is 20.5 Å². The zero-order chi connectivity index (χ0) is 15.8. The van der Waals surface area contributed by atoms with E-state index in [1.54, 1.807) is 6.20 Å². The largest absolute Gasteiger partial charge is 0.289 e. The number of hydrogen-bond acceptors (Lipinski definition) is 6. The molecule has 9 heteroatoms. The highest BCUT2D eigenvalue weighted by atomic mass is 32.2. The van der Waals surface area contributed by atoms with Gasteiger partial charge in [-0.2, -0.15) is 0 Å². The maximum Gasteiger partial charge on any atom is 0.265 e. The molecule has 2 aromatic rings. The number of amides is 1. The van der Waals surface area contributed by atoms with Crippen molar-refractivity contribution in [2.24, 2.45) is 0 Å². The summed E-state index contributed by atoms with van der Waals surface area (Å²) in [5.41, 5.74) is 2.99. The van der Waals surface area contributed by atoms with Crippen LogP contribution < -0.4 is 5.48 Å². The first-order valence-electron chi connectivity index (χ1n) is 6.61. The molecular weight excluding hydrogens is 308 g/mol. The Morgan fingerprint density at radius 2 is 2.05 bits per heavy atom. The van der Waals surface area contributed by atoms with E-state index in [9.17, 15) is 13.2 Å². The van der Waals surface area contributed by atoms with E-state index in [0.717, 1.165) is 5.56 Å². The summed E-state index contributed by atoms with van der Waals surface area (Å²) in [5, 5.41) is 16.7. The number of carbonyl (C=O) groups is 1. The van der Waals surface area contributed by atoms with Gasteiger partial charge in [0.2, 0.25) is 0 Å². The lowest BCUT2D eigenvalue weighted by Crippen LogP contribution is -2.37. The highest BCUT2D eigenvalue weighted by molar-refractivity contribution is 8.01. The van der Waals surface area contributed by atoms with Crippen LogP contribution >= 0.6 is 0 Å². The van der Waals surface area contributed by atoms with Gasteiger partial charge in [-0.3, -0.25) is 14.7 Å². The van der Waals surface area contributed by atoms with Gasteiger partial charge in [0.15, 0.2) is 14.6 Å². The van der Waals surface area contributed by atoms with Crippen LogP contribution in [0.2, 0.25) is 0 Å². The number of nitrogens with zero attached hydrogens (tertiary/aromatic N) is 3. The van der Waals surface area contributed by atoms with Gasteiger partial charge in [-0.15, -0.1) is 5.10 Å². The molecule has 0 spiro atoms. The average molecular weight is 322 g/mol. The van der Waals surface area contributed by atoms with Crippen LogP contribution in [0.4, 0.5) is 0 Å². The van der Waals surface area contributed by atoms with Crippen LogP contribution in [0, 0.1) is 0 Å². The van der Waals surface area contributed by atoms with Crippen LogP contribution in [0.1, 0.15) is 6.42 Å². The van der Waals surface area contributed by atoms with Gasteiger partial charge in [-0.25, -0.2) is 13.9 Å². The molecule has 8 nitrogen and oxygen atoms in total. The van der Waals surface area contributed by atoms with Crippen molar-refractivity contribution in [1.82, 2.24) is 20.5 Å². The number of sulfone groups is 1. The Balaban J connectivity index is 1.73. The summed E-state index contributed by atoms with van der Waals surface area (Å²) in [6.45, 7) is 0.215. The van der Waals surface area contributed by atoms with Crippen molar-refractivity contribution < 1.29 is 18.4 Å². The first-order chi connectivity index (χ1) is 10.5. The number of rotatable bonds is 5. The van der Waals surface area contributed by atoms with E-state index in [2.05, 4.69) is 10.3 Å². The normalized spacial score (nSPS) is 22.2. The zero-order valence-corrected chi connectivity index (χ0v) is 12.3. The number of nitrogens with one attached hydrogen (secondary N) is 1. The third-order valence-electron chi connectivity index (χ3n) is 3.80. The minimum atomic E-state index is -3.48. The lowest BCUT2D eigenvalue weighted by atomic mass is 10.1. The quantitative estimate of drug-likeness (QED) is 0.455. The van der Waals surface area contributed by atoms with Crippen molar-refractivity contribution in [3.8, 4) is 11.3 Å². The second-order valence-corrected chi connectivity index (χ2v) is 7.48.